The summed E-state index contributed by atoms with van der Waals surface area (Å²) in [6.45, 7) is 6.12. The van der Waals surface area contributed by atoms with Gasteiger partial charge in [-0.1, -0.05) is 0 Å². The zero-order valence-electron chi connectivity index (χ0n) is 8.55. The van der Waals surface area contributed by atoms with Crippen molar-refractivity contribution in [3.8, 4) is 0 Å². The first kappa shape index (κ1) is 8.82. The van der Waals surface area contributed by atoms with E-state index in [1.165, 1.54) is 18.4 Å². The Balaban J connectivity index is 2.40. The average Bonchev–Trinajstić information content (AvgIpc) is 2.75. The number of hydrogen-bond acceptors (Lipinski definition) is 2. The number of aryl methyl sites for hydroxylation is 2. The maximum atomic E-state index is 6.00. The van der Waals surface area contributed by atoms with Crippen LogP contribution < -0.4 is 5.73 Å². The minimum absolute atomic E-state index is 0.238. The van der Waals surface area contributed by atoms with Crippen molar-refractivity contribution in [1.82, 2.24) is 0 Å². The van der Waals surface area contributed by atoms with Gasteiger partial charge >= 0.3 is 0 Å². The van der Waals surface area contributed by atoms with Crippen molar-refractivity contribution >= 4 is 0 Å². The minimum Gasteiger partial charge on any atom is -0.466 e. The van der Waals surface area contributed by atoms with Gasteiger partial charge in [0.1, 0.15) is 11.5 Å². The van der Waals surface area contributed by atoms with Gasteiger partial charge in [-0.2, -0.15) is 0 Å². The lowest BCUT2D eigenvalue weighted by Crippen LogP contribution is -2.31. The molecule has 1 aliphatic carbocycles. The molecule has 0 saturated heterocycles. The van der Waals surface area contributed by atoms with Gasteiger partial charge in [-0.15, -0.1) is 0 Å². The maximum absolute atomic E-state index is 6.00. The highest BCUT2D eigenvalue weighted by atomic mass is 16.3. The molecule has 13 heavy (non-hydrogen) atoms. The van der Waals surface area contributed by atoms with E-state index in [1.54, 1.807) is 0 Å². The third-order valence-electron chi connectivity index (χ3n) is 3.24. The van der Waals surface area contributed by atoms with Crippen LogP contribution >= 0.6 is 0 Å². The van der Waals surface area contributed by atoms with E-state index in [4.69, 9.17) is 10.2 Å². The van der Waals surface area contributed by atoms with Crippen LogP contribution in [0.5, 0.6) is 0 Å². The Hall–Kier alpha value is -0.760. The Bertz CT molecular complexity index is 321. The summed E-state index contributed by atoms with van der Waals surface area (Å²) in [5.74, 6) is 2.05. The van der Waals surface area contributed by atoms with Crippen molar-refractivity contribution in [2.24, 2.45) is 5.73 Å². The lowest BCUT2D eigenvalue weighted by Gasteiger charge is -2.18. The quantitative estimate of drug-likeness (QED) is 0.756. The van der Waals surface area contributed by atoms with Crippen LogP contribution in [0.25, 0.3) is 0 Å². The summed E-state index contributed by atoms with van der Waals surface area (Å²) < 4.78 is 5.54. The molecule has 1 fully saturated rings. The molecule has 0 aromatic carbocycles. The van der Waals surface area contributed by atoms with E-state index in [0.29, 0.717) is 0 Å². The van der Waals surface area contributed by atoms with Crippen molar-refractivity contribution in [2.75, 3.05) is 0 Å². The molecule has 1 atom stereocenters. The molecule has 2 rings (SSSR count). The van der Waals surface area contributed by atoms with E-state index in [-0.39, 0.29) is 11.5 Å². The van der Waals surface area contributed by atoms with Gasteiger partial charge in [-0.05, 0) is 39.7 Å². The second-order valence-electron chi connectivity index (χ2n) is 4.27. The van der Waals surface area contributed by atoms with Crippen molar-refractivity contribution in [1.29, 1.82) is 0 Å². The molecule has 72 valence electrons. The normalized spacial score (nSPS) is 21.5. The summed E-state index contributed by atoms with van der Waals surface area (Å²) in [5, 5.41) is 0. The molecular weight excluding hydrogens is 162 g/mol. The molecule has 1 unspecified atom stereocenters. The van der Waals surface area contributed by atoms with Crippen LogP contribution in [-0.2, 0) is 5.41 Å². The van der Waals surface area contributed by atoms with Gasteiger partial charge in [0, 0.05) is 17.0 Å². The first-order valence-electron chi connectivity index (χ1n) is 4.89. The fourth-order valence-corrected chi connectivity index (χ4v) is 2.23. The Kier molecular flexibility index (Phi) is 1.77. The predicted octanol–water partition coefficient (Wildman–Crippen LogP) is 2.28. The number of rotatable bonds is 2. The van der Waals surface area contributed by atoms with E-state index < -0.39 is 0 Å². The minimum atomic E-state index is 0.238. The average molecular weight is 179 g/mol. The monoisotopic (exact) mass is 179 g/mol. The van der Waals surface area contributed by atoms with Crippen LogP contribution in [0.1, 0.15) is 36.8 Å². The molecule has 0 radical (unpaired) electrons. The van der Waals surface area contributed by atoms with Crippen molar-refractivity contribution in [3.63, 3.8) is 0 Å². The highest BCUT2D eigenvalue weighted by molar-refractivity contribution is 5.36. The van der Waals surface area contributed by atoms with Crippen LogP contribution in [0.15, 0.2) is 10.5 Å². The van der Waals surface area contributed by atoms with Gasteiger partial charge in [0.05, 0.1) is 0 Å². The molecule has 1 heterocycles. The van der Waals surface area contributed by atoms with Gasteiger partial charge in [-0.25, -0.2) is 0 Å². The lowest BCUT2D eigenvalue weighted by atomic mass is 9.90. The van der Waals surface area contributed by atoms with Crippen molar-refractivity contribution in [2.45, 2.75) is 45.1 Å². The molecule has 2 heteroatoms. The summed E-state index contributed by atoms with van der Waals surface area (Å²) in [6, 6.07) is 2.38. The highest BCUT2D eigenvalue weighted by Crippen LogP contribution is 2.51. The first-order chi connectivity index (χ1) is 6.06. The molecular formula is C11H17NO. The Morgan fingerprint density at radius 1 is 1.46 bits per heavy atom. The molecule has 0 bridgehead atoms. The second kappa shape index (κ2) is 2.61. The topological polar surface area (TPSA) is 39.2 Å². The van der Waals surface area contributed by atoms with Gasteiger partial charge in [0.15, 0.2) is 0 Å². The molecule has 2 N–H and O–H groups in total. The van der Waals surface area contributed by atoms with Gasteiger partial charge in [0.2, 0.25) is 0 Å². The Morgan fingerprint density at radius 2 is 2.08 bits per heavy atom. The van der Waals surface area contributed by atoms with E-state index in [2.05, 4.69) is 13.0 Å². The zero-order valence-corrected chi connectivity index (χ0v) is 8.55. The summed E-state index contributed by atoms with van der Waals surface area (Å²) >= 11 is 0. The smallest absolute Gasteiger partial charge is 0.104 e. The van der Waals surface area contributed by atoms with Crippen LogP contribution in [0.3, 0.4) is 0 Å². The molecule has 0 aliphatic heterocycles. The van der Waals surface area contributed by atoms with Crippen LogP contribution in [-0.4, -0.2) is 6.04 Å². The van der Waals surface area contributed by atoms with Gasteiger partial charge in [0.25, 0.3) is 0 Å². The summed E-state index contributed by atoms with van der Waals surface area (Å²) in [5.41, 5.74) is 7.57. The third-order valence-corrected chi connectivity index (χ3v) is 3.24. The van der Waals surface area contributed by atoms with Crippen LogP contribution in [0.4, 0.5) is 0 Å². The largest absolute Gasteiger partial charge is 0.466 e. The molecule has 0 amide bonds. The molecule has 1 aromatic rings. The second-order valence-corrected chi connectivity index (χ2v) is 4.27. The fourth-order valence-electron chi connectivity index (χ4n) is 2.23. The predicted molar refractivity (Wildman–Crippen MR) is 52.7 cm³/mol. The van der Waals surface area contributed by atoms with E-state index in [1.807, 2.05) is 13.8 Å². The number of hydrogen-bond donors (Lipinski definition) is 1. The maximum Gasteiger partial charge on any atom is 0.104 e. The third kappa shape index (κ3) is 1.20. The standard InChI is InChI=1S/C11H17NO/c1-7-6-10(8(2)13-7)11(4-5-11)9(3)12/h6,9H,4-5,12H2,1-3H3. The molecule has 1 aromatic heterocycles. The highest BCUT2D eigenvalue weighted by Gasteiger charge is 2.49. The van der Waals surface area contributed by atoms with Crippen molar-refractivity contribution < 1.29 is 4.42 Å². The van der Waals surface area contributed by atoms with Crippen LogP contribution in [0.2, 0.25) is 0 Å². The SMILES string of the molecule is Cc1cc(C2(C(C)N)CC2)c(C)o1. The Labute approximate surface area is 79.1 Å². The zero-order chi connectivity index (χ0) is 9.64. The number of nitrogens with two attached hydrogens (primary N) is 1. The molecule has 1 saturated carbocycles. The van der Waals surface area contributed by atoms with Crippen molar-refractivity contribution in [3.05, 3.63) is 23.2 Å². The van der Waals surface area contributed by atoms with E-state index in [9.17, 15) is 0 Å². The fraction of sp³-hybridized carbons (Fsp3) is 0.636. The summed E-state index contributed by atoms with van der Waals surface area (Å²) in [6.07, 6.45) is 2.43. The van der Waals surface area contributed by atoms with Gasteiger partial charge < -0.3 is 10.2 Å². The summed E-state index contributed by atoms with van der Waals surface area (Å²) in [7, 11) is 0. The summed E-state index contributed by atoms with van der Waals surface area (Å²) in [4.78, 5) is 0. The number of furan rings is 1. The molecule has 1 aliphatic rings. The van der Waals surface area contributed by atoms with Gasteiger partial charge in [-0.3, -0.25) is 0 Å². The lowest BCUT2D eigenvalue weighted by molar-refractivity contribution is 0.484. The molecule has 0 spiro atoms. The van der Waals surface area contributed by atoms with Crippen LogP contribution in [0, 0.1) is 13.8 Å². The van der Waals surface area contributed by atoms with E-state index >= 15 is 0 Å². The molecule has 2 nitrogen and oxygen atoms in total. The first-order valence-corrected chi connectivity index (χ1v) is 4.89. The van der Waals surface area contributed by atoms with E-state index in [0.717, 1.165) is 11.5 Å². The Morgan fingerprint density at radius 3 is 2.38 bits per heavy atom.